The molecule has 1 aromatic carbocycles. The minimum Gasteiger partial charge on any atom is -0.469 e. The first-order chi connectivity index (χ1) is 8.23. The number of carbonyl (C=O) groups is 1. The van der Waals surface area contributed by atoms with Crippen LogP contribution in [0, 0.1) is 17.0 Å². The van der Waals surface area contributed by atoms with Crippen molar-refractivity contribution >= 4 is 30.0 Å². The lowest BCUT2D eigenvalue weighted by atomic mass is 9.81. The van der Waals surface area contributed by atoms with Gasteiger partial charge in [0.25, 0.3) is 0 Å². The van der Waals surface area contributed by atoms with Crippen molar-refractivity contribution < 1.29 is 18.3 Å². The van der Waals surface area contributed by atoms with Crippen LogP contribution in [0.5, 0.6) is 0 Å². The molecule has 0 heterocycles. The fourth-order valence-corrected chi connectivity index (χ4v) is 1.85. The van der Waals surface area contributed by atoms with Gasteiger partial charge in [0.2, 0.25) is 0 Å². The summed E-state index contributed by atoms with van der Waals surface area (Å²) in [7, 11) is 1.19. The van der Waals surface area contributed by atoms with E-state index in [1.54, 1.807) is 0 Å². The summed E-state index contributed by atoms with van der Waals surface area (Å²) < 4.78 is 31.6. The molecular formula is C12H15Cl2F2NO2. The Morgan fingerprint density at radius 3 is 2.32 bits per heavy atom. The summed E-state index contributed by atoms with van der Waals surface area (Å²) in [6.45, 7) is 2.95. The van der Waals surface area contributed by atoms with E-state index in [2.05, 4.69) is 4.74 Å². The number of methoxy groups -OCH3 is 1. The number of nitrogens with two attached hydrogens (primary N) is 1. The second-order valence-corrected chi connectivity index (χ2v) is 4.83. The second-order valence-electron chi connectivity index (χ2n) is 4.45. The first kappa shape index (κ1) is 18.1. The van der Waals surface area contributed by atoms with E-state index in [0.717, 1.165) is 12.1 Å². The first-order valence-electron chi connectivity index (χ1n) is 5.20. The zero-order valence-electron chi connectivity index (χ0n) is 10.7. The number of benzene rings is 1. The summed E-state index contributed by atoms with van der Waals surface area (Å²) in [5.74, 6) is -2.18. The predicted molar refractivity (Wildman–Crippen MR) is 71.3 cm³/mol. The van der Waals surface area contributed by atoms with Gasteiger partial charge >= 0.3 is 5.97 Å². The Bertz CT molecular complexity index is 481. The van der Waals surface area contributed by atoms with E-state index in [0.29, 0.717) is 0 Å². The van der Waals surface area contributed by atoms with Crippen molar-refractivity contribution in [1.29, 1.82) is 0 Å². The Kier molecular flexibility index (Phi) is 6.19. The van der Waals surface area contributed by atoms with Crippen molar-refractivity contribution in [3.05, 3.63) is 34.4 Å². The Morgan fingerprint density at radius 1 is 1.37 bits per heavy atom. The van der Waals surface area contributed by atoms with Crippen LogP contribution in [0.2, 0.25) is 5.02 Å². The largest absolute Gasteiger partial charge is 0.469 e. The number of esters is 1. The quantitative estimate of drug-likeness (QED) is 0.688. The Labute approximate surface area is 121 Å². The maximum Gasteiger partial charge on any atom is 0.313 e. The van der Waals surface area contributed by atoms with Crippen LogP contribution in [0.4, 0.5) is 8.78 Å². The van der Waals surface area contributed by atoms with Crippen molar-refractivity contribution in [3.8, 4) is 0 Å². The van der Waals surface area contributed by atoms with E-state index in [1.165, 1.54) is 21.0 Å². The molecule has 0 saturated carbocycles. The molecule has 0 aliphatic carbocycles. The van der Waals surface area contributed by atoms with Gasteiger partial charge in [-0.25, -0.2) is 8.78 Å². The second kappa shape index (κ2) is 6.50. The predicted octanol–water partition coefficient (Wildman–Crippen LogP) is 3.24. The van der Waals surface area contributed by atoms with E-state index >= 15 is 0 Å². The molecule has 1 atom stereocenters. The average Bonchev–Trinajstić information content (AvgIpc) is 2.33. The first-order valence-corrected chi connectivity index (χ1v) is 5.58. The van der Waals surface area contributed by atoms with Gasteiger partial charge in [-0.1, -0.05) is 11.6 Å². The van der Waals surface area contributed by atoms with Gasteiger partial charge in [0.05, 0.1) is 17.5 Å². The Morgan fingerprint density at radius 2 is 1.84 bits per heavy atom. The molecule has 7 heteroatoms. The molecule has 0 amide bonds. The number of halogens is 4. The molecule has 19 heavy (non-hydrogen) atoms. The van der Waals surface area contributed by atoms with E-state index in [-0.39, 0.29) is 18.0 Å². The molecule has 0 bridgehead atoms. The number of carbonyl (C=O) groups excluding carboxylic acids is 1. The Hall–Kier alpha value is -0.910. The third-order valence-electron chi connectivity index (χ3n) is 2.88. The SMILES string of the molecule is COC(=O)C(C)(C)[C@H](N)c1c(F)ccc(F)c1Cl.Cl. The molecule has 0 saturated heterocycles. The minimum atomic E-state index is -1.23. The normalized spacial score (nSPS) is 12.6. The highest BCUT2D eigenvalue weighted by Gasteiger charge is 2.39. The molecule has 0 spiro atoms. The summed E-state index contributed by atoms with van der Waals surface area (Å²) >= 11 is 5.70. The monoisotopic (exact) mass is 313 g/mol. The average molecular weight is 314 g/mol. The van der Waals surface area contributed by atoms with Crippen LogP contribution < -0.4 is 5.73 Å². The van der Waals surface area contributed by atoms with Crippen molar-refractivity contribution in [2.24, 2.45) is 11.1 Å². The van der Waals surface area contributed by atoms with Gasteiger partial charge in [0.15, 0.2) is 0 Å². The molecule has 1 aromatic rings. The molecule has 0 aliphatic heterocycles. The summed E-state index contributed by atoms with van der Waals surface area (Å²) in [5.41, 5.74) is 4.37. The van der Waals surface area contributed by atoms with E-state index in [9.17, 15) is 13.6 Å². The lowest BCUT2D eigenvalue weighted by Gasteiger charge is -2.29. The molecule has 0 fully saturated rings. The van der Waals surface area contributed by atoms with Crippen LogP contribution in [0.1, 0.15) is 25.5 Å². The van der Waals surface area contributed by atoms with Crippen LogP contribution in [0.25, 0.3) is 0 Å². The zero-order chi connectivity index (χ0) is 14.1. The molecule has 1 rings (SSSR count). The zero-order valence-corrected chi connectivity index (χ0v) is 12.2. The molecular weight excluding hydrogens is 299 g/mol. The third-order valence-corrected chi connectivity index (χ3v) is 3.26. The maximum absolute atomic E-state index is 13.7. The van der Waals surface area contributed by atoms with Crippen LogP contribution in [0.15, 0.2) is 12.1 Å². The standard InChI is InChI=1S/C12H14ClF2NO2.ClH/c1-12(2,11(17)18-3)10(16)8-6(14)4-5-7(15)9(8)13;/h4-5,10H,16H2,1-3H3;1H/t10-;/m1./s1. The van der Waals surface area contributed by atoms with Gasteiger partial charge in [0.1, 0.15) is 11.6 Å². The number of hydrogen-bond donors (Lipinski definition) is 1. The summed E-state index contributed by atoms with van der Waals surface area (Å²) in [4.78, 5) is 11.6. The fourth-order valence-electron chi connectivity index (χ4n) is 1.58. The van der Waals surface area contributed by atoms with E-state index in [4.69, 9.17) is 17.3 Å². The lowest BCUT2D eigenvalue weighted by molar-refractivity contribution is -0.152. The minimum absolute atomic E-state index is 0. The lowest BCUT2D eigenvalue weighted by Crippen LogP contribution is -2.38. The maximum atomic E-state index is 13.7. The molecule has 3 nitrogen and oxygen atoms in total. The van der Waals surface area contributed by atoms with Crippen molar-refractivity contribution in [3.63, 3.8) is 0 Å². The van der Waals surface area contributed by atoms with Crippen LogP contribution in [0.3, 0.4) is 0 Å². The summed E-state index contributed by atoms with van der Waals surface area (Å²) in [6, 6.07) is 0.705. The summed E-state index contributed by atoms with van der Waals surface area (Å²) in [5, 5.41) is -0.417. The van der Waals surface area contributed by atoms with Crippen LogP contribution >= 0.6 is 24.0 Å². The van der Waals surface area contributed by atoms with Gasteiger partial charge in [-0.3, -0.25) is 4.79 Å². The topological polar surface area (TPSA) is 52.3 Å². The number of rotatable bonds is 3. The fraction of sp³-hybridized carbons (Fsp3) is 0.417. The van der Waals surface area contributed by atoms with E-state index in [1.807, 2.05) is 0 Å². The van der Waals surface area contributed by atoms with E-state index < -0.39 is 34.1 Å². The summed E-state index contributed by atoms with van der Waals surface area (Å²) in [6.07, 6.45) is 0. The molecule has 0 radical (unpaired) electrons. The van der Waals surface area contributed by atoms with Crippen LogP contribution in [-0.2, 0) is 9.53 Å². The molecule has 0 aromatic heterocycles. The highest BCUT2D eigenvalue weighted by atomic mass is 35.5. The van der Waals surface area contributed by atoms with Crippen molar-refractivity contribution in [1.82, 2.24) is 0 Å². The highest BCUT2D eigenvalue weighted by molar-refractivity contribution is 6.31. The van der Waals surface area contributed by atoms with Gasteiger partial charge in [-0.15, -0.1) is 12.4 Å². The number of ether oxygens (including phenoxy) is 1. The number of hydrogen-bond acceptors (Lipinski definition) is 3. The van der Waals surface area contributed by atoms with Gasteiger partial charge in [-0.2, -0.15) is 0 Å². The van der Waals surface area contributed by atoms with Crippen molar-refractivity contribution in [2.75, 3.05) is 7.11 Å². The molecule has 108 valence electrons. The van der Waals surface area contributed by atoms with Gasteiger partial charge < -0.3 is 10.5 Å². The Balaban J connectivity index is 0.00000324. The third kappa shape index (κ3) is 3.35. The van der Waals surface area contributed by atoms with Crippen molar-refractivity contribution in [2.45, 2.75) is 19.9 Å². The molecule has 0 unspecified atom stereocenters. The highest BCUT2D eigenvalue weighted by Crippen LogP contribution is 2.38. The molecule has 0 aliphatic rings. The van der Waals surface area contributed by atoms with Gasteiger partial charge in [0, 0.05) is 11.6 Å². The van der Waals surface area contributed by atoms with Gasteiger partial charge in [-0.05, 0) is 26.0 Å². The molecule has 2 N–H and O–H groups in total. The van der Waals surface area contributed by atoms with Crippen LogP contribution in [-0.4, -0.2) is 13.1 Å². The smallest absolute Gasteiger partial charge is 0.313 e.